The van der Waals surface area contributed by atoms with Crippen LogP contribution in [-0.2, 0) is 16.1 Å². The van der Waals surface area contributed by atoms with Crippen molar-refractivity contribution in [2.75, 3.05) is 19.6 Å². The molecule has 1 aromatic heterocycles. The van der Waals surface area contributed by atoms with E-state index in [9.17, 15) is 14.7 Å². The zero-order chi connectivity index (χ0) is 19.7. The molecule has 0 spiro atoms. The number of nitrogens with one attached hydrogen (secondary N) is 1. The number of aliphatic hydroxyl groups is 1. The SMILES string of the molecule is CC1(C(=O)N2CCC(N3CC(O)CC3C(=O)NCc3cccnc3)CC2)CC1. The molecule has 2 amide bonds. The van der Waals surface area contributed by atoms with Gasteiger partial charge < -0.3 is 15.3 Å². The molecule has 1 saturated carbocycles. The Hall–Kier alpha value is -1.99. The lowest BCUT2D eigenvalue weighted by Crippen LogP contribution is -2.52. The van der Waals surface area contributed by atoms with Crippen LogP contribution in [0.3, 0.4) is 0 Å². The van der Waals surface area contributed by atoms with Gasteiger partial charge in [0.05, 0.1) is 12.1 Å². The fourth-order valence-electron chi connectivity index (χ4n) is 4.49. The van der Waals surface area contributed by atoms with Crippen LogP contribution < -0.4 is 5.32 Å². The molecule has 152 valence electrons. The minimum absolute atomic E-state index is 0.0376. The van der Waals surface area contributed by atoms with Crippen molar-refractivity contribution in [1.29, 1.82) is 0 Å². The van der Waals surface area contributed by atoms with Crippen LogP contribution in [0.25, 0.3) is 0 Å². The van der Waals surface area contributed by atoms with Gasteiger partial charge in [-0.1, -0.05) is 13.0 Å². The first-order valence-electron chi connectivity index (χ1n) is 10.4. The largest absolute Gasteiger partial charge is 0.392 e. The standard InChI is InChI=1S/C21H30N4O3/c1-21(6-7-21)20(28)24-9-4-16(5-10-24)25-14-17(26)11-18(25)19(27)23-13-15-3-2-8-22-12-15/h2-3,8,12,16-18,26H,4-7,9-11,13-14H2,1H3,(H,23,27). The fraction of sp³-hybridized carbons (Fsp3) is 0.667. The van der Waals surface area contributed by atoms with Crippen molar-refractivity contribution in [3.8, 4) is 0 Å². The Morgan fingerprint density at radius 1 is 1.32 bits per heavy atom. The zero-order valence-corrected chi connectivity index (χ0v) is 16.5. The number of rotatable bonds is 5. The van der Waals surface area contributed by atoms with Crippen LogP contribution in [0.1, 0.15) is 44.6 Å². The highest BCUT2D eigenvalue weighted by molar-refractivity contribution is 5.85. The van der Waals surface area contributed by atoms with E-state index in [-0.39, 0.29) is 29.3 Å². The van der Waals surface area contributed by atoms with Crippen molar-refractivity contribution in [2.45, 2.75) is 63.8 Å². The van der Waals surface area contributed by atoms with Crippen molar-refractivity contribution in [2.24, 2.45) is 5.41 Å². The smallest absolute Gasteiger partial charge is 0.237 e. The third-order valence-corrected chi connectivity index (χ3v) is 6.55. The molecule has 7 heteroatoms. The lowest BCUT2D eigenvalue weighted by molar-refractivity contribution is -0.138. The van der Waals surface area contributed by atoms with Gasteiger partial charge in [0, 0.05) is 50.0 Å². The molecular weight excluding hydrogens is 356 g/mol. The Morgan fingerprint density at radius 2 is 2.07 bits per heavy atom. The Morgan fingerprint density at radius 3 is 2.71 bits per heavy atom. The summed E-state index contributed by atoms with van der Waals surface area (Å²) in [6, 6.07) is 3.72. The third kappa shape index (κ3) is 4.05. The summed E-state index contributed by atoms with van der Waals surface area (Å²) in [6.07, 6.45) is 7.18. The van der Waals surface area contributed by atoms with Crippen LogP contribution in [0.4, 0.5) is 0 Å². The summed E-state index contributed by atoms with van der Waals surface area (Å²) in [7, 11) is 0. The van der Waals surface area contributed by atoms with Crippen molar-refractivity contribution >= 4 is 11.8 Å². The van der Waals surface area contributed by atoms with Crippen molar-refractivity contribution in [3.05, 3.63) is 30.1 Å². The molecule has 4 rings (SSSR count). The number of hydrogen-bond donors (Lipinski definition) is 2. The number of β-amino-alcohol motifs (C(OH)–C–C–N with tert-alkyl or cyclic N) is 1. The highest BCUT2D eigenvalue weighted by Crippen LogP contribution is 2.47. The van der Waals surface area contributed by atoms with E-state index in [1.54, 1.807) is 12.4 Å². The molecule has 28 heavy (non-hydrogen) atoms. The number of aliphatic hydroxyl groups excluding tert-OH is 1. The van der Waals surface area contributed by atoms with Crippen LogP contribution in [-0.4, -0.2) is 69.5 Å². The predicted octanol–water partition coefficient (Wildman–Crippen LogP) is 0.924. The first kappa shape index (κ1) is 19.3. The highest BCUT2D eigenvalue weighted by atomic mass is 16.3. The summed E-state index contributed by atoms with van der Waals surface area (Å²) in [6.45, 7) is 4.52. The van der Waals surface area contributed by atoms with E-state index in [1.165, 1.54) is 0 Å². The lowest BCUT2D eigenvalue weighted by Gasteiger charge is -2.39. The van der Waals surface area contributed by atoms with Gasteiger partial charge in [-0.3, -0.25) is 19.5 Å². The summed E-state index contributed by atoms with van der Waals surface area (Å²) in [5.41, 5.74) is 0.840. The van der Waals surface area contributed by atoms with Gasteiger partial charge in [-0.15, -0.1) is 0 Å². The van der Waals surface area contributed by atoms with Crippen LogP contribution in [0, 0.1) is 5.41 Å². The van der Waals surface area contributed by atoms with Crippen molar-refractivity contribution in [1.82, 2.24) is 20.1 Å². The number of pyridine rings is 1. The maximum absolute atomic E-state index is 12.8. The molecule has 3 heterocycles. The lowest BCUT2D eigenvalue weighted by atomic mass is 9.99. The van der Waals surface area contributed by atoms with E-state index in [0.717, 1.165) is 44.3 Å². The van der Waals surface area contributed by atoms with E-state index in [1.807, 2.05) is 17.0 Å². The Kier molecular flexibility index (Phi) is 5.38. The molecule has 3 fully saturated rings. The summed E-state index contributed by atoms with van der Waals surface area (Å²) >= 11 is 0. The van der Waals surface area contributed by atoms with E-state index in [2.05, 4.69) is 22.1 Å². The van der Waals surface area contributed by atoms with Gasteiger partial charge in [-0.05, 0) is 43.7 Å². The number of hydrogen-bond acceptors (Lipinski definition) is 5. The molecule has 2 atom stereocenters. The highest BCUT2D eigenvalue weighted by Gasteiger charge is 2.48. The first-order chi connectivity index (χ1) is 13.5. The average Bonchev–Trinajstić information content (AvgIpc) is 3.35. The number of carbonyl (C=O) groups excluding carboxylic acids is 2. The molecule has 3 aliphatic rings. The molecule has 0 radical (unpaired) electrons. The summed E-state index contributed by atoms with van der Waals surface area (Å²) in [5, 5.41) is 13.2. The predicted molar refractivity (Wildman–Crippen MR) is 104 cm³/mol. The Balaban J connectivity index is 1.33. The molecule has 0 bridgehead atoms. The molecule has 2 saturated heterocycles. The quantitative estimate of drug-likeness (QED) is 0.786. The van der Waals surface area contributed by atoms with E-state index < -0.39 is 6.10 Å². The average molecular weight is 386 g/mol. The monoisotopic (exact) mass is 386 g/mol. The number of likely N-dealkylation sites (tertiary alicyclic amines) is 2. The number of piperidine rings is 1. The minimum atomic E-state index is -0.473. The van der Waals surface area contributed by atoms with Crippen molar-refractivity contribution < 1.29 is 14.7 Å². The Labute approximate surface area is 166 Å². The molecule has 7 nitrogen and oxygen atoms in total. The topological polar surface area (TPSA) is 85.8 Å². The van der Waals surface area contributed by atoms with Crippen LogP contribution in [0.15, 0.2) is 24.5 Å². The molecule has 0 aromatic carbocycles. The van der Waals surface area contributed by atoms with E-state index in [0.29, 0.717) is 19.5 Å². The summed E-state index contributed by atoms with van der Waals surface area (Å²) in [4.78, 5) is 33.6. The van der Waals surface area contributed by atoms with E-state index in [4.69, 9.17) is 0 Å². The Bertz CT molecular complexity index is 714. The number of carbonyl (C=O) groups is 2. The van der Waals surface area contributed by atoms with Gasteiger partial charge in [0.1, 0.15) is 0 Å². The first-order valence-corrected chi connectivity index (χ1v) is 10.4. The molecule has 1 aliphatic carbocycles. The third-order valence-electron chi connectivity index (χ3n) is 6.55. The van der Waals surface area contributed by atoms with Gasteiger partial charge in [0.15, 0.2) is 0 Å². The van der Waals surface area contributed by atoms with Crippen LogP contribution in [0.5, 0.6) is 0 Å². The number of nitrogens with zero attached hydrogens (tertiary/aromatic N) is 3. The summed E-state index contributed by atoms with van der Waals surface area (Å²) < 4.78 is 0. The van der Waals surface area contributed by atoms with Gasteiger partial charge in [0.25, 0.3) is 0 Å². The zero-order valence-electron chi connectivity index (χ0n) is 16.5. The normalized spacial score (nSPS) is 27.6. The molecule has 2 unspecified atom stereocenters. The van der Waals surface area contributed by atoms with Gasteiger partial charge >= 0.3 is 0 Å². The molecule has 2 aliphatic heterocycles. The second-order valence-corrected chi connectivity index (χ2v) is 8.77. The van der Waals surface area contributed by atoms with Gasteiger partial charge in [-0.2, -0.15) is 0 Å². The van der Waals surface area contributed by atoms with E-state index >= 15 is 0 Å². The second kappa shape index (κ2) is 7.79. The van der Waals surface area contributed by atoms with Crippen LogP contribution >= 0.6 is 0 Å². The van der Waals surface area contributed by atoms with Crippen LogP contribution in [0.2, 0.25) is 0 Å². The number of aromatic nitrogens is 1. The molecule has 2 N–H and O–H groups in total. The maximum atomic E-state index is 12.8. The molecular formula is C21H30N4O3. The van der Waals surface area contributed by atoms with Crippen molar-refractivity contribution in [3.63, 3.8) is 0 Å². The summed E-state index contributed by atoms with van der Waals surface area (Å²) in [5.74, 6) is 0.252. The maximum Gasteiger partial charge on any atom is 0.237 e. The number of amides is 2. The van der Waals surface area contributed by atoms with Gasteiger partial charge in [0.2, 0.25) is 11.8 Å². The second-order valence-electron chi connectivity index (χ2n) is 8.77. The fourth-order valence-corrected chi connectivity index (χ4v) is 4.49. The van der Waals surface area contributed by atoms with Gasteiger partial charge in [-0.25, -0.2) is 0 Å². The molecule has 1 aromatic rings. The minimum Gasteiger partial charge on any atom is -0.392 e.